The molecule has 0 saturated carbocycles. The van der Waals surface area contributed by atoms with E-state index in [-0.39, 0.29) is 12.4 Å². The molecule has 0 aliphatic carbocycles. The lowest BCUT2D eigenvalue weighted by molar-refractivity contribution is 0.317. The second-order valence-corrected chi connectivity index (χ2v) is 0.980. The summed E-state index contributed by atoms with van der Waals surface area (Å²) in [6.07, 6.45) is 0. The van der Waals surface area contributed by atoms with Gasteiger partial charge in [-0.05, 0) is 5.53 Å². The van der Waals surface area contributed by atoms with Crippen molar-refractivity contribution in [3.63, 3.8) is 0 Å². The average molecular weight is 115 g/mol. The zero-order chi connectivity index (χ0) is 6.41. The highest BCUT2D eigenvalue weighted by Gasteiger charge is 1.83. The Labute approximate surface area is 45.2 Å². The number of hydrogen-bond donors (Lipinski definition) is 2. The van der Waals surface area contributed by atoms with Gasteiger partial charge in [0.15, 0.2) is 0 Å². The minimum absolute atomic E-state index is 0.0903. The number of nitrogens with two attached hydrogens (primary N) is 1. The molecule has 3 N–H and O–H groups in total. The summed E-state index contributed by atoms with van der Waals surface area (Å²) in [5, 5.41) is 13.4. The largest absolute Gasteiger partial charge is 0.409 e. The lowest BCUT2D eigenvalue weighted by Gasteiger charge is -1.83. The number of hydrogen-bond acceptors (Lipinski definition) is 3. The van der Waals surface area contributed by atoms with Crippen molar-refractivity contribution in [1.29, 1.82) is 0 Å². The highest BCUT2D eigenvalue weighted by atomic mass is 16.4. The lowest BCUT2D eigenvalue weighted by Crippen LogP contribution is -2.14. The van der Waals surface area contributed by atoms with Crippen LogP contribution in [0.4, 0.5) is 0 Å². The van der Waals surface area contributed by atoms with Gasteiger partial charge in [0.2, 0.25) is 0 Å². The van der Waals surface area contributed by atoms with E-state index < -0.39 is 0 Å². The molecule has 0 spiro atoms. The van der Waals surface area contributed by atoms with Crippen LogP contribution in [0.3, 0.4) is 0 Å². The first-order chi connectivity index (χ1) is 3.81. The monoisotopic (exact) mass is 115 g/mol. The van der Waals surface area contributed by atoms with Gasteiger partial charge in [-0.15, -0.1) is 0 Å². The molecule has 0 radical (unpaired) electrons. The number of azide groups is 1. The van der Waals surface area contributed by atoms with Crippen LogP contribution in [0.5, 0.6) is 0 Å². The smallest absolute Gasteiger partial charge is 0.144 e. The maximum Gasteiger partial charge on any atom is 0.144 e. The molecule has 0 saturated heterocycles. The van der Waals surface area contributed by atoms with Crippen molar-refractivity contribution in [2.75, 3.05) is 6.54 Å². The van der Waals surface area contributed by atoms with Gasteiger partial charge in [0.1, 0.15) is 5.84 Å². The Kier molecular flexibility index (Phi) is 3.09. The van der Waals surface area contributed by atoms with E-state index in [9.17, 15) is 0 Å². The van der Waals surface area contributed by atoms with Crippen LogP contribution in [0.1, 0.15) is 0 Å². The number of amidine groups is 1. The molecule has 0 aromatic rings. The molecule has 0 aromatic carbocycles. The summed E-state index contributed by atoms with van der Waals surface area (Å²) < 4.78 is 0. The van der Waals surface area contributed by atoms with Gasteiger partial charge >= 0.3 is 0 Å². The molecule has 8 heavy (non-hydrogen) atoms. The van der Waals surface area contributed by atoms with E-state index in [4.69, 9.17) is 16.5 Å². The van der Waals surface area contributed by atoms with Gasteiger partial charge in [-0.1, -0.05) is 10.3 Å². The summed E-state index contributed by atoms with van der Waals surface area (Å²) in [6, 6.07) is 0. The maximum atomic E-state index is 7.84. The Morgan fingerprint density at radius 3 is 2.88 bits per heavy atom. The van der Waals surface area contributed by atoms with Gasteiger partial charge in [-0.2, -0.15) is 0 Å². The first-order valence-corrected chi connectivity index (χ1v) is 1.78. The number of rotatable bonds is 2. The fourth-order valence-corrected chi connectivity index (χ4v) is 0.136. The zero-order valence-electron chi connectivity index (χ0n) is 4.02. The topological polar surface area (TPSA) is 107 Å². The fourth-order valence-electron chi connectivity index (χ4n) is 0.136. The average Bonchev–Trinajstić information content (AvgIpc) is 1.83. The highest BCUT2D eigenvalue weighted by Crippen LogP contribution is 1.69. The van der Waals surface area contributed by atoms with Crippen LogP contribution in [0.15, 0.2) is 10.3 Å². The molecule has 0 aliphatic heterocycles. The number of oxime groups is 1. The molecule has 0 heterocycles. The Balaban J connectivity index is 3.55. The minimum atomic E-state index is -0.0946. The molecule has 0 bridgehead atoms. The fraction of sp³-hybridized carbons (Fsp3) is 0.500. The lowest BCUT2D eigenvalue weighted by atomic mass is 10.6. The Morgan fingerprint density at radius 2 is 2.50 bits per heavy atom. The second-order valence-electron chi connectivity index (χ2n) is 0.980. The van der Waals surface area contributed by atoms with Crippen LogP contribution < -0.4 is 5.73 Å². The van der Waals surface area contributed by atoms with Gasteiger partial charge in [0, 0.05) is 4.91 Å². The molecular weight excluding hydrogens is 110 g/mol. The third-order valence-corrected chi connectivity index (χ3v) is 0.424. The summed E-state index contributed by atoms with van der Waals surface area (Å²) in [6.45, 7) is -0.0903. The molecule has 0 amide bonds. The molecule has 6 heteroatoms. The molecule has 0 aromatic heterocycles. The van der Waals surface area contributed by atoms with Crippen molar-refractivity contribution in [2.45, 2.75) is 0 Å². The van der Waals surface area contributed by atoms with Gasteiger partial charge in [-0.25, -0.2) is 0 Å². The van der Waals surface area contributed by atoms with Crippen LogP contribution in [0, 0.1) is 0 Å². The van der Waals surface area contributed by atoms with Crippen molar-refractivity contribution >= 4 is 5.84 Å². The summed E-state index contributed by atoms with van der Waals surface area (Å²) in [7, 11) is 0. The van der Waals surface area contributed by atoms with Crippen molar-refractivity contribution < 1.29 is 5.21 Å². The van der Waals surface area contributed by atoms with Crippen LogP contribution in [-0.2, 0) is 0 Å². The van der Waals surface area contributed by atoms with E-state index in [2.05, 4.69) is 15.2 Å². The summed E-state index contributed by atoms with van der Waals surface area (Å²) in [5.41, 5.74) is 12.6. The quantitative estimate of drug-likeness (QED) is 0.101. The third-order valence-electron chi connectivity index (χ3n) is 0.424. The van der Waals surface area contributed by atoms with Crippen molar-refractivity contribution in [1.82, 2.24) is 0 Å². The van der Waals surface area contributed by atoms with Crippen molar-refractivity contribution in [3.05, 3.63) is 10.4 Å². The van der Waals surface area contributed by atoms with Crippen LogP contribution in [0.2, 0.25) is 0 Å². The SMILES string of the molecule is [N-]=[N+]=NCC(N)=NO. The molecule has 0 unspecified atom stereocenters. The zero-order valence-corrected chi connectivity index (χ0v) is 4.02. The van der Waals surface area contributed by atoms with Crippen molar-refractivity contribution in [2.24, 2.45) is 16.0 Å². The van der Waals surface area contributed by atoms with Crippen LogP contribution >= 0.6 is 0 Å². The Bertz CT molecular complexity index is 133. The predicted molar refractivity (Wildman–Crippen MR) is 27.4 cm³/mol. The van der Waals surface area contributed by atoms with E-state index in [1.165, 1.54) is 0 Å². The molecule has 0 aliphatic rings. The highest BCUT2D eigenvalue weighted by molar-refractivity contribution is 5.81. The van der Waals surface area contributed by atoms with Gasteiger partial charge in [-0.3, -0.25) is 0 Å². The molecule has 44 valence electrons. The van der Waals surface area contributed by atoms with Gasteiger partial charge in [0.25, 0.3) is 0 Å². The standard InChI is InChI=1S/C2H5N5O/c3-2(6-8)1-5-7-4/h8H,1H2,(H2,3,6). The Hall–Kier alpha value is -1.42. The van der Waals surface area contributed by atoms with E-state index >= 15 is 0 Å². The predicted octanol–water partition coefficient (Wildman–Crippen LogP) is 0.0431. The first-order valence-electron chi connectivity index (χ1n) is 1.78. The van der Waals surface area contributed by atoms with E-state index in [1.54, 1.807) is 0 Å². The van der Waals surface area contributed by atoms with E-state index in [0.717, 1.165) is 0 Å². The van der Waals surface area contributed by atoms with Crippen LogP contribution in [-0.4, -0.2) is 17.6 Å². The molecular formula is C2H5N5O. The summed E-state index contributed by atoms with van der Waals surface area (Å²) in [4.78, 5) is 2.38. The molecule has 0 fully saturated rings. The Morgan fingerprint density at radius 1 is 1.88 bits per heavy atom. The van der Waals surface area contributed by atoms with E-state index in [0.29, 0.717) is 0 Å². The first kappa shape index (κ1) is 6.58. The van der Waals surface area contributed by atoms with Crippen molar-refractivity contribution in [3.8, 4) is 0 Å². The number of nitrogens with zero attached hydrogens (tertiary/aromatic N) is 4. The molecule has 6 nitrogen and oxygen atoms in total. The molecule has 0 atom stereocenters. The van der Waals surface area contributed by atoms with Gasteiger partial charge in [0.05, 0.1) is 6.54 Å². The van der Waals surface area contributed by atoms with Crippen LogP contribution in [0.25, 0.3) is 10.4 Å². The van der Waals surface area contributed by atoms with Gasteiger partial charge < -0.3 is 10.9 Å². The second kappa shape index (κ2) is 3.76. The maximum absolute atomic E-state index is 7.84. The molecule has 0 rings (SSSR count). The summed E-state index contributed by atoms with van der Waals surface area (Å²) in [5.74, 6) is -0.0946. The third kappa shape index (κ3) is 2.80. The minimum Gasteiger partial charge on any atom is -0.409 e. The van der Waals surface area contributed by atoms with E-state index in [1.807, 2.05) is 0 Å². The summed E-state index contributed by atoms with van der Waals surface area (Å²) >= 11 is 0. The normalized spacial score (nSPS) is 10.2.